The molecule has 0 amide bonds. The van der Waals surface area contributed by atoms with E-state index in [1.54, 1.807) is 12.3 Å². The van der Waals surface area contributed by atoms with E-state index in [2.05, 4.69) is 36.1 Å². The first-order valence-electron chi connectivity index (χ1n) is 6.36. The fraction of sp³-hybridized carbons (Fsp3) is 0.615. The van der Waals surface area contributed by atoms with Crippen LogP contribution in [0.1, 0.15) is 26.7 Å². The van der Waals surface area contributed by atoms with Gasteiger partial charge in [-0.25, -0.2) is 4.98 Å². The molecule has 0 bridgehead atoms. The third kappa shape index (κ3) is 5.10. The molecule has 18 heavy (non-hydrogen) atoms. The van der Waals surface area contributed by atoms with Crippen LogP contribution in [0.3, 0.4) is 0 Å². The number of unbranched alkanes of at least 4 members (excludes halogenated alkanes) is 1. The minimum Gasteiger partial charge on any atom is -0.396 e. The second-order valence-electron chi connectivity index (χ2n) is 4.80. The van der Waals surface area contributed by atoms with E-state index in [1.807, 2.05) is 0 Å². The van der Waals surface area contributed by atoms with Crippen LogP contribution < -0.4 is 11.1 Å². The molecule has 4 nitrogen and oxygen atoms in total. The monoisotopic (exact) mass is 270 g/mol. The molecular weight excluding hydrogens is 248 g/mol. The topological polar surface area (TPSA) is 54.2 Å². The molecule has 0 fully saturated rings. The zero-order chi connectivity index (χ0) is 13.5. The van der Waals surface area contributed by atoms with Crippen LogP contribution >= 0.6 is 11.6 Å². The molecule has 0 radical (unpaired) electrons. The number of hydrogen-bond acceptors (Lipinski definition) is 4. The first-order chi connectivity index (χ1) is 8.50. The summed E-state index contributed by atoms with van der Waals surface area (Å²) in [5, 5.41) is 3.80. The predicted molar refractivity (Wildman–Crippen MR) is 79.1 cm³/mol. The lowest BCUT2D eigenvalue weighted by atomic mass is 10.2. The van der Waals surface area contributed by atoms with Gasteiger partial charge in [0.1, 0.15) is 5.82 Å². The Morgan fingerprint density at radius 1 is 1.44 bits per heavy atom. The van der Waals surface area contributed by atoms with Crippen molar-refractivity contribution in [1.29, 1.82) is 0 Å². The number of hydrogen-bond donors (Lipinski definition) is 2. The molecule has 102 valence electrons. The maximum Gasteiger partial charge on any atom is 0.149 e. The molecule has 0 unspecified atom stereocenters. The fourth-order valence-electron chi connectivity index (χ4n) is 1.55. The molecule has 0 saturated carbocycles. The summed E-state index contributed by atoms with van der Waals surface area (Å²) in [5.41, 5.74) is 6.41. The van der Waals surface area contributed by atoms with Crippen molar-refractivity contribution >= 4 is 23.1 Å². The van der Waals surface area contributed by atoms with Crippen LogP contribution in [0.2, 0.25) is 5.02 Å². The molecule has 0 spiro atoms. The third-order valence-corrected chi connectivity index (χ3v) is 3.20. The number of halogens is 1. The van der Waals surface area contributed by atoms with E-state index in [0.29, 0.717) is 16.8 Å². The minimum atomic E-state index is 0.566. The average molecular weight is 271 g/mol. The molecule has 0 aliphatic rings. The van der Waals surface area contributed by atoms with E-state index in [-0.39, 0.29) is 0 Å². The summed E-state index contributed by atoms with van der Waals surface area (Å²) in [5.74, 6) is 0.719. The van der Waals surface area contributed by atoms with E-state index in [1.165, 1.54) is 0 Å². The molecule has 5 heteroatoms. The van der Waals surface area contributed by atoms with Crippen LogP contribution in [0.25, 0.3) is 0 Å². The second-order valence-corrected chi connectivity index (χ2v) is 5.24. The Hall–Kier alpha value is -1.00. The molecule has 1 rings (SSSR count). The van der Waals surface area contributed by atoms with Crippen molar-refractivity contribution < 1.29 is 0 Å². The molecule has 0 aliphatic heterocycles. The number of rotatable bonds is 7. The summed E-state index contributed by atoms with van der Waals surface area (Å²) >= 11 is 5.79. The van der Waals surface area contributed by atoms with E-state index < -0.39 is 0 Å². The first kappa shape index (κ1) is 15.1. The van der Waals surface area contributed by atoms with Gasteiger partial charge in [0, 0.05) is 18.8 Å². The SMILES string of the molecule is CC(C)N(C)CCCCNc1ncc(Cl)cc1N. The molecule has 1 aromatic rings. The number of nitrogens with two attached hydrogens (primary N) is 1. The summed E-state index contributed by atoms with van der Waals surface area (Å²) in [6.07, 6.45) is 3.86. The Labute approximate surface area is 115 Å². The van der Waals surface area contributed by atoms with Crippen LogP contribution in [0.4, 0.5) is 11.5 Å². The summed E-state index contributed by atoms with van der Waals surface area (Å²) in [4.78, 5) is 6.50. The highest BCUT2D eigenvalue weighted by atomic mass is 35.5. The van der Waals surface area contributed by atoms with Gasteiger partial charge in [0.15, 0.2) is 0 Å². The minimum absolute atomic E-state index is 0.566. The highest BCUT2D eigenvalue weighted by molar-refractivity contribution is 6.30. The maximum atomic E-state index is 5.81. The largest absolute Gasteiger partial charge is 0.396 e. The number of pyridine rings is 1. The normalized spacial score (nSPS) is 11.2. The van der Waals surface area contributed by atoms with Crippen molar-refractivity contribution in [3.63, 3.8) is 0 Å². The van der Waals surface area contributed by atoms with Crippen molar-refractivity contribution in [2.24, 2.45) is 0 Å². The predicted octanol–water partition coefficient (Wildman–Crippen LogP) is 2.85. The van der Waals surface area contributed by atoms with Crippen molar-refractivity contribution in [2.75, 3.05) is 31.2 Å². The van der Waals surface area contributed by atoms with Gasteiger partial charge in [0.05, 0.1) is 10.7 Å². The van der Waals surface area contributed by atoms with Gasteiger partial charge in [0.2, 0.25) is 0 Å². The van der Waals surface area contributed by atoms with Gasteiger partial charge in [-0.05, 0) is 46.3 Å². The molecule has 1 aromatic heterocycles. The Balaban J connectivity index is 2.22. The van der Waals surface area contributed by atoms with Gasteiger partial charge >= 0.3 is 0 Å². The van der Waals surface area contributed by atoms with E-state index in [4.69, 9.17) is 17.3 Å². The molecule has 3 N–H and O–H groups in total. The van der Waals surface area contributed by atoms with Gasteiger partial charge in [-0.2, -0.15) is 0 Å². The van der Waals surface area contributed by atoms with Crippen LogP contribution in [-0.2, 0) is 0 Å². The van der Waals surface area contributed by atoms with Crippen LogP contribution in [0.15, 0.2) is 12.3 Å². The van der Waals surface area contributed by atoms with E-state index in [0.717, 1.165) is 31.7 Å². The van der Waals surface area contributed by atoms with Gasteiger partial charge in [-0.1, -0.05) is 11.6 Å². The molecule has 1 heterocycles. The van der Waals surface area contributed by atoms with Gasteiger partial charge < -0.3 is 16.0 Å². The number of nitrogens with zero attached hydrogens (tertiary/aromatic N) is 2. The molecule has 0 saturated heterocycles. The lowest BCUT2D eigenvalue weighted by Gasteiger charge is -2.20. The zero-order valence-electron chi connectivity index (χ0n) is 11.4. The number of anilines is 2. The Morgan fingerprint density at radius 3 is 2.78 bits per heavy atom. The standard InChI is InChI=1S/C13H23ClN4/c1-10(2)18(3)7-5-4-6-16-13-12(15)8-11(14)9-17-13/h8-10H,4-7,15H2,1-3H3,(H,16,17). The van der Waals surface area contributed by atoms with Gasteiger partial charge in [0.25, 0.3) is 0 Å². The molecule has 0 aromatic carbocycles. The second kappa shape index (κ2) is 7.44. The quantitative estimate of drug-likeness (QED) is 0.748. The van der Waals surface area contributed by atoms with Gasteiger partial charge in [-0.3, -0.25) is 0 Å². The van der Waals surface area contributed by atoms with Crippen molar-refractivity contribution in [3.8, 4) is 0 Å². The highest BCUT2D eigenvalue weighted by Crippen LogP contribution is 2.19. The smallest absolute Gasteiger partial charge is 0.149 e. The summed E-state index contributed by atoms with van der Waals surface area (Å²) in [6, 6.07) is 2.32. The Kier molecular flexibility index (Phi) is 6.22. The zero-order valence-corrected chi connectivity index (χ0v) is 12.2. The summed E-state index contributed by atoms with van der Waals surface area (Å²) in [7, 11) is 2.15. The molecule has 0 aliphatic carbocycles. The van der Waals surface area contributed by atoms with Crippen LogP contribution in [0.5, 0.6) is 0 Å². The highest BCUT2D eigenvalue weighted by Gasteiger charge is 2.03. The lowest BCUT2D eigenvalue weighted by Crippen LogP contribution is -2.27. The van der Waals surface area contributed by atoms with Crippen molar-refractivity contribution in [1.82, 2.24) is 9.88 Å². The lowest BCUT2D eigenvalue weighted by molar-refractivity contribution is 0.269. The number of aromatic nitrogens is 1. The van der Waals surface area contributed by atoms with E-state index in [9.17, 15) is 0 Å². The van der Waals surface area contributed by atoms with Gasteiger partial charge in [-0.15, -0.1) is 0 Å². The van der Waals surface area contributed by atoms with Crippen molar-refractivity contribution in [2.45, 2.75) is 32.7 Å². The molecule has 0 atom stereocenters. The Bertz CT molecular complexity index is 368. The summed E-state index contributed by atoms with van der Waals surface area (Å²) in [6.45, 7) is 6.40. The van der Waals surface area contributed by atoms with E-state index >= 15 is 0 Å². The summed E-state index contributed by atoms with van der Waals surface area (Å²) < 4.78 is 0. The third-order valence-electron chi connectivity index (χ3n) is 3.00. The first-order valence-corrected chi connectivity index (χ1v) is 6.73. The maximum absolute atomic E-state index is 5.81. The Morgan fingerprint density at radius 2 is 2.17 bits per heavy atom. The number of nitrogens with one attached hydrogen (secondary N) is 1. The molecular formula is C13H23ClN4. The van der Waals surface area contributed by atoms with Crippen molar-refractivity contribution in [3.05, 3.63) is 17.3 Å². The number of nitrogen functional groups attached to an aromatic ring is 1. The van der Waals surface area contributed by atoms with Crippen LogP contribution in [-0.4, -0.2) is 36.1 Å². The fourth-order valence-corrected chi connectivity index (χ4v) is 1.72. The van der Waals surface area contributed by atoms with Crippen LogP contribution in [0, 0.1) is 0 Å². The average Bonchev–Trinajstić information content (AvgIpc) is 2.30.